The van der Waals surface area contributed by atoms with E-state index in [-0.39, 0.29) is 5.91 Å². The topological polar surface area (TPSA) is 20.3 Å². The molecule has 0 radical (unpaired) electrons. The van der Waals surface area contributed by atoms with Crippen LogP contribution in [0.5, 0.6) is 0 Å². The third-order valence-electron chi connectivity index (χ3n) is 7.06. The Morgan fingerprint density at radius 1 is 0.656 bits per heavy atom. The summed E-state index contributed by atoms with van der Waals surface area (Å²) in [4.78, 5) is 15.6. The Kier molecular flexibility index (Phi) is 5.07. The molecule has 32 heavy (non-hydrogen) atoms. The van der Waals surface area contributed by atoms with Gasteiger partial charge in [0.15, 0.2) is 0 Å². The van der Waals surface area contributed by atoms with Crippen LogP contribution < -0.4 is 20.5 Å². The van der Waals surface area contributed by atoms with Gasteiger partial charge in [0.25, 0.3) is 0 Å². The summed E-state index contributed by atoms with van der Waals surface area (Å²) in [6, 6.07) is 41.6. The van der Waals surface area contributed by atoms with Crippen LogP contribution in [-0.4, -0.2) is 21.0 Å². The first kappa shape index (κ1) is 20.5. The van der Waals surface area contributed by atoms with E-state index in [9.17, 15) is 4.79 Å². The van der Waals surface area contributed by atoms with E-state index in [0.717, 1.165) is 17.3 Å². The van der Waals surface area contributed by atoms with Crippen LogP contribution in [0.4, 0.5) is 5.69 Å². The number of amides is 1. The molecule has 2 nitrogen and oxygen atoms in total. The van der Waals surface area contributed by atoms with E-state index in [1.165, 1.54) is 15.6 Å². The van der Waals surface area contributed by atoms with Crippen LogP contribution in [0, 0.1) is 0 Å². The summed E-state index contributed by atoms with van der Waals surface area (Å²) in [5.74, 6) is 0.179. The summed E-state index contributed by atoms with van der Waals surface area (Å²) in [5.41, 5.74) is 1.56. The van der Waals surface area contributed by atoms with Gasteiger partial charge >= 0.3 is 0 Å². The normalized spacial score (nSPS) is 17.9. The lowest BCUT2D eigenvalue weighted by molar-refractivity contribution is -0.121. The fraction of sp³-hybridized carbons (Fsp3) is 0.138. The molecule has 1 aliphatic rings. The standard InChI is InChI=1S/C29H27NOSi/c1-29(26-20-12-13-21-27(26)30(2)28(29)31)22-32(23-14-6-3-7-15-23,24-16-8-4-9-17-24)25-18-10-5-11-19-25/h3-21H,22H2,1-2H3. The number of para-hydroxylation sites is 1. The first-order valence-electron chi connectivity index (χ1n) is 11.1. The fourth-order valence-electron chi connectivity index (χ4n) is 5.50. The van der Waals surface area contributed by atoms with Crippen LogP contribution >= 0.6 is 0 Å². The van der Waals surface area contributed by atoms with Gasteiger partial charge in [0.1, 0.15) is 8.07 Å². The van der Waals surface area contributed by atoms with Crippen LogP contribution in [0.2, 0.25) is 6.04 Å². The Morgan fingerprint density at radius 3 is 1.53 bits per heavy atom. The molecule has 1 atom stereocenters. The van der Waals surface area contributed by atoms with Crippen molar-refractivity contribution in [1.29, 1.82) is 0 Å². The second-order valence-electron chi connectivity index (χ2n) is 8.89. The van der Waals surface area contributed by atoms with Crippen molar-refractivity contribution in [3.05, 3.63) is 121 Å². The van der Waals surface area contributed by atoms with E-state index in [4.69, 9.17) is 0 Å². The van der Waals surface area contributed by atoms with Gasteiger partial charge in [0.2, 0.25) is 5.91 Å². The zero-order chi connectivity index (χ0) is 22.2. The van der Waals surface area contributed by atoms with Crippen molar-refractivity contribution in [2.75, 3.05) is 11.9 Å². The molecule has 0 bridgehead atoms. The molecule has 5 rings (SSSR count). The Hall–Kier alpha value is -3.43. The number of rotatable bonds is 5. The van der Waals surface area contributed by atoms with Crippen LogP contribution in [0.15, 0.2) is 115 Å². The highest BCUT2D eigenvalue weighted by atomic mass is 28.3. The predicted octanol–water partition coefficient (Wildman–Crippen LogP) is 4.09. The number of fused-ring (bicyclic) bond motifs is 1. The maximum absolute atomic E-state index is 13.8. The molecule has 0 saturated heterocycles. The summed E-state index contributed by atoms with van der Waals surface area (Å²) in [5, 5.41) is 4.00. The largest absolute Gasteiger partial charge is 0.314 e. The Morgan fingerprint density at radius 2 is 1.06 bits per heavy atom. The summed E-state index contributed by atoms with van der Waals surface area (Å²) >= 11 is 0. The molecule has 0 fully saturated rings. The van der Waals surface area contributed by atoms with Gasteiger partial charge in [-0.15, -0.1) is 0 Å². The number of hydrogen-bond acceptors (Lipinski definition) is 1. The maximum atomic E-state index is 13.8. The average molecular weight is 434 g/mol. The van der Waals surface area contributed by atoms with Gasteiger partial charge in [-0.05, 0) is 40.2 Å². The van der Waals surface area contributed by atoms with Crippen molar-refractivity contribution >= 4 is 35.2 Å². The second kappa shape index (κ2) is 7.92. The molecule has 1 heterocycles. The van der Waals surface area contributed by atoms with Gasteiger partial charge < -0.3 is 4.90 Å². The van der Waals surface area contributed by atoms with Gasteiger partial charge in [0, 0.05) is 12.7 Å². The fourth-order valence-corrected chi connectivity index (χ4v) is 10.8. The summed E-state index contributed by atoms with van der Waals surface area (Å²) in [7, 11) is -0.643. The number of hydrogen-bond donors (Lipinski definition) is 0. The molecule has 0 aromatic heterocycles. The summed E-state index contributed by atoms with van der Waals surface area (Å²) in [6.07, 6.45) is 0. The minimum Gasteiger partial charge on any atom is -0.314 e. The Bertz CT molecular complexity index is 1140. The van der Waals surface area contributed by atoms with Crippen LogP contribution in [0.3, 0.4) is 0 Å². The zero-order valence-corrected chi connectivity index (χ0v) is 19.5. The van der Waals surface area contributed by atoms with Gasteiger partial charge in [0.05, 0.1) is 5.41 Å². The lowest BCUT2D eigenvalue weighted by atomic mass is 9.86. The van der Waals surface area contributed by atoms with Gasteiger partial charge in [-0.1, -0.05) is 109 Å². The van der Waals surface area contributed by atoms with Crippen LogP contribution in [0.1, 0.15) is 12.5 Å². The Balaban J connectivity index is 1.81. The predicted molar refractivity (Wildman–Crippen MR) is 136 cm³/mol. The number of carbonyl (C=O) groups excluding carboxylic acids is 1. The lowest BCUT2D eigenvalue weighted by Gasteiger charge is -2.39. The molecule has 0 spiro atoms. The molecule has 3 heteroatoms. The Labute approximate surface area is 191 Å². The molecule has 1 amide bonds. The highest BCUT2D eigenvalue weighted by Gasteiger charge is 2.53. The first-order valence-corrected chi connectivity index (χ1v) is 13.3. The van der Waals surface area contributed by atoms with E-state index in [2.05, 4.69) is 116 Å². The third-order valence-corrected chi connectivity index (χ3v) is 12.2. The van der Waals surface area contributed by atoms with Gasteiger partial charge in [-0.2, -0.15) is 0 Å². The second-order valence-corrected chi connectivity index (χ2v) is 12.8. The van der Waals surface area contributed by atoms with Crippen LogP contribution in [0.25, 0.3) is 0 Å². The molecule has 1 aliphatic heterocycles. The molecular formula is C29H27NOSi. The number of anilines is 1. The van der Waals surface area contributed by atoms with Crippen molar-refractivity contribution in [3.8, 4) is 0 Å². The average Bonchev–Trinajstić information content (AvgIpc) is 3.05. The van der Waals surface area contributed by atoms with E-state index in [1.807, 2.05) is 18.0 Å². The van der Waals surface area contributed by atoms with Crippen molar-refractivity contribution in [1.82, 2.24) is 0 Å². The lowest BCUT2D eigenvalue weighted by Crippen LogP contribution is -2.69. The minimum atomic E-state index is -2.55. The maximum Gasteiger partial charge on any atom is 0.236 e. The molecule has 0 saturated carbocycles. The SMILES string of the molecule is CN1C(=O)C(C)(C[Si](c2ccccc2)(c2ccccc2)c2ccccc2)c2ccccc21. The van der Waals surface area contributed by atoms with E-state index in [1.54, 1.807) is 0 Å². The molecular weight excluding hydrogens is 406 g/mol. The van der Waals surface area contributed by atoms with E-state index >= 15 is 0 Å². The van der Waals surface area contributed by atoms with Crippen LogP contribution in [-0.2, 0) is 10.2 Å². The molecule has 4 aromatic rings. The number of nitrogens with zero attached hydrogens (tertiary/aromatic N) is 1. The van der Waals surface area contributed by atoms with Crippen molar-refractivity contribution < 1.29 is 4.79 Å². The number of benzene rings is 4. The minimum absolute atomic E-state index is 0.179. The molecule has 0 aliphatic carbocycles. The highest BCUT2D eigenvalue weighted by Crippen LogP contribution is 2.45. The third kappa shape index (κ3) is 3.04. The smallest absolute Gasteiger partial charge is 0.236 e. The first-order chi connectivity index (χ1) is 15.6. The summed E-state index contributed by atoms with van der Waals surface area (Å²) in [6.45, 7) is 2.15. The van der Waals surface area contributed by atoms with Gasteiger partial charge in [-0.3, -0.25) is 4.79 Å². The van der Waals surface area contributed by atoms with Crippen molar-refractivity contribution in [2.45, 2.75) is 18.4 Å². The molecule has 158 valence electrons. The quantitative estimate of drug-likeness (QED) is 0.343. The van der Waals surface area contributed by atoms with E-state index in [0.29, 0.717) is 0 Å². The monoisotopic (exact) mass is 433 g/mol. The van der Waals surface area contributed by atoms with Gasteiger partial charge in [-0.25, -0.2) is 0 Å². The zero-order valence-electron chi connectivity index (χ0n) is 18.5. The molecule has 1 unspecified atom stereocenters. The van der Waals surface area contributed by atoms with Crippen molar-refractivity contribution in [2.24, 2.45) is 0 Å². The number of carbonyl (C=O) groups is 1. The summed E-state index contributed by atoms with van der Waals surface area (Å²) < 4.78 is 0. The van der Waals surface area contributed by atoms with Crippen molar-refractivity contribution in [3.63, 3.8) is 0 Å². The molecule has 4 aromatic carbocycles. The molecule has 0 N–H and O–H groups in total. The number of likely N-dealkylation sites (N-methyl/N-ethyl adjacent to an activating group) is 1. The highest BCUT2D eigenvalue weighted by molar-refractivity contribution is 7.11. The van der Waals surface area contributed by atoms with E-state index < -0.39 is 13.5 Å².